The lowest BCUT2D eigenvalue weighted by atomic mass is 9.93. The monoisotopic (exact) mass is 261 g/mol. The van der Waals surface area contributed by atoms with Gasteiger partial charge in [0.25, 0.3) is 0 Å². The summed E-state index contributed by atoms with van der Waals surface area (Å²) in [4.78, 5) is 0. The van der Waals surface area contributed by atoms with Crippen LogP contribution in [0, 0.1) is 6.92 Å². The van der Waals surface area contributed by atoms with Gasteiger partial charge in [0.05, 0.1) is 11.2 Å². The second kappa shape index (κ2) is 4.92. The van der Waals surface area contributed by atoms with Gasteiger partial charge in [0.2, 0.25) is 0 Å². The Morgan fingerprint density at radius 1 is 1.16 bits per heavy atom. The number of aryl methyl sites for hydroxylation is 1. The topological polar surface area (TPSA) is 21.3 Å². The first-order valence-corrected chi connectivity index (χ1v) is 7.22. The van der Waals surface area contributed by atoms with Crippen LogP contribution >= 0.6 is 0 Å². The quantitative estimate of drug-likeness (QED) is 0.888. The fourth-order valence-corrected chi connectivity index (χ4v) is 3.08. The molecular formula is C17H27NO. The largest absolute Gasteiger partial charge is 0.368 e. The van der Waals surface area contributed by atoms with E-state index < -0.39 is 0 Å². The molecule has 2 rings (SSSR count). The van der Waals surface area contributed by atoms with Crippen LogP contribution < -0.4 is 5.32 Å². The Morgan fingerprint density at radius 2 is 1.74 bits per heavy atom. The first-order valence-electron chi connectivity index (χ1n) is 7.22. The highest BCUT2D eigenvalue weighted by molar-refractivity contribution is 5.24. The molecule has 0 bridgehead atoms. The Bertz CT molecular complexity index is 433. The molecule has 1 aromatic rings. The molecule has 2 nitrogen and oxygen atoms in total. The van der Waals surface area contributed by atoms with Crippen molar-refractivity contribution < 1.29 is 4.74 Å². The molecule has 1 aliphatic rings. The van der Waals surface area contributed by atoms with Gasteiger partial charge in [0.15, 0.2) is 0 Å². The Balaban J connectivity index is 2.07. The SMILES string of the molecule is Cc1ccc([C@H](C)NC2CC(C)(C)OC2(C)C)cc1. The minimum absolute atomic E-state index is 0.0336. The highest BCUT2D eigenvalue weighted by Crippen LogP contribution is 2.38. The molecule has 1 aliphatic heterocycles. The molecule has 1 fully saturated rings. The molecule has 0 saturated carbocycles. The number of benzene rings is 1. The maximum absolute atomic E-state index is 6.14. The fourth-order valence-electron chi connectivity index (χ4n) is 3.08. The molecule has 106 valence electrons. The van der Waals surface area contributed by atoms with Crippen molar-refractivity contribution in [3.05, 3.63) is 35.4 Å². The van der Waals surface area contributed by atoms with Crippen molar-refractivity contribution in [1.82, 2.24) is 5.32 Å². The van der Waals surface area contributed by atoms with Crippen molar-refractivity contribution >= 4 is 0 Å². The highest BCUT2D eigenvalue weighted by atomic mass is 16.5. The van der Waals surface area contributed by atoms with E-state index in [9.17, 15) is 0 Å². The van der Waals surface area contributed by atoms with Crippen molar-refractivity contribution in [3.63, 3.8) is 0 Å². The van der Waals surface area contributed by atoms with Gasteiger partial charge in [-0.05, 0) is 53.5 Å². The van der Waals surface area contributed by atoms with Gasteiger partial charge in [-0.1, -0.05) is 29.8 Å². The first-order chi connectivity index (χ1) is 8.70. The maximum atomic E-state index is 6.14. The summed E-state index contributed by atoms with van der Waals surface area (Å²) in [5, 5.41) is 3.74. The number of hydrogen-bond acceptors (Lipinski definition) is 2. The summed E-state index contributed by atoms with van der Waals surface area (Å²) in [5.41, 5.74) is 2.50. The molecule has 1 N–H and O–H groups in total. The minimum atomic E-state index is -0.109. The number of hydrogen-bond donors (Lipinski definition) is 1. The second-order valence-electron chi connectivity index (χ2n) is 7.02. The molecule has 0 radical (unpaired) electrons. The van der Waals surface area contributed by atoms with Crippen LogP contribution in [0.2, 0.25) is 0 Å². The third kappa shape index (κ3) is 3.37. The molecule has 19 heavy (non-hydrogen) atoms. The third-order valence-corrected chi connectivity index (χ3v) is 4.10. The standard InChI is InChI=1S/C17H27NO/c1-12-7-9-14(10-8-12)13(2)18-15-11-16(3,4)19-17(15,5)6/h7-10,13,15,18H,11H2,1-6H3/t13-,15?/m0/s1. The number of rotatable bonds is 3. The average Bonchev–Trinajstić information content (AvgIpc) is 2.47. The molecule has 2 atom stereocenters. The highest BCUT2D eigenvalue weighted by Gasteiger charge is 2.46. The van der Waals surface area contributed by atoms with Gasteiger partial charge in [-0.2, -0.15) is 0 Å². The second-order valence-corrected chi connectivity index (χ2v) is 7.02. The first kappa shape index (κ1) is 14.5. The number of nitrogens with one attached hydrogen (secondary N) is 1. The van der Waals surface area contributed by atoms with E-state index >= 15 is 0 Å². The van der Waals surface area contributed by atoms with E-state index in [1.165, 1.54) is 11.1 Å². The van der Waals surface area contributed by atoms with Gasteiger partial charge in [-0.3, -0.25) is 0 Å². The van der Waals surface area contributed by atoms with E-state index in [-0.39, 0.29) is 11.2 Å². The van der Waals surface area contributed by atoms with Crippen LogP contribution in [-0.4, -0.2) is 17.2 Å². The van der Waals surface area contributed by atoms with Crippen LogP contribution in [0.4, 0.5) is 0 Å². The van der Waals surface area contributed by atoms with Crippen molar-refractivity contribution in [1.29, 1.82) is 0 Å². The molecule has 0 aliphatic carbocycles. The lowest BCUT2D eigenvalue weighted by Gasteiger charge is -2.30. The summed E-state index contributed by atoms with van der Waals surface area (Å²) < 4.78 is 6.14. The van der Waals surface area contributed by atoms with Crippen molar-refractivity contribution in [2.24, 2.45) is 0 Å². The van der Waals surface area contributed by atoms with Gasteiger partial charge in [-0.25, -0.2) is 0 Å². The van der Waals surface area contributed by atoms with Crippen LogP contribution in [0.5, 0.6) is 0 Å². The molecular weight excluding hydrogens is 234 g/mol. The van der Waals surface area contributed by atoms with Gasteiger partial charge in [0, 0.05) is 12.1 Å². The molecule has 2 heteroatoms. The third-order valence-electron chi connectivity index (χ3n) is 4.10. The van der Waals surface area contributed by atoms with E-state index in [4.69, 9.17) is 4.74 Å². The van der Waals surface area contributed by atoms with Crippen LogP contribution in [0.25, 0.3) is 0 Å². The normalized spacial score (nSPS) is 26.3. The Kier molecular flexibility index (Phi) is 3.76. The predicted molar refractivity (Wildman–Crippen MR) is 80.4 cm³/mol. The van der Waals surface area contributed by atoms with Crippen molar-refractivity contribution in [2.45, 2.75) is 71.2 Å². The lowest BCUT2D eigenvalue weighted by Crippen LogP contribution is -2.44. The van der Waals surface area contributed by atoms with Gasteiger partial charge < -0.3 is 10.1 Å². The Morgan fingerprint density at radius 3 is 2.21 bits per heavy atom. The molecule has 0 amide bonds. The lowest BCUT2D eigenvalue weighted by molar-refractivity contribution is -0.0703. The van der Waals surface area contributed by atoms with Crippen LogP contribution in [0.1, 0.15) is 58.2 Å². The van der Waals surface area contributed by atoms with Crippen molar-refractivity contribution in [3.8, 4) is 0 Å². The van der Waals surface area contributed by atoms with Crippen LogP contribution in [-0.2, 0) is 4.74 Å². The van der Waals surface area contributed by atoms with E-state index in [1.54, 1.807) is 0 Å². The summed E-state index contributed by atoms with van der Waals surface area (Å²) >= 11 is 0. The van der Waals surface area contributed by atoms with Gasteiger partial charge in [-0.15, -0.1) is 0 Å². The summed E-state index contributed by atoms with van der Waals surface area (Å²) in [7, 11) is 0. The Hall–Kier alpha value is -0.860. The molecule has 1 aromatic carbocycles. The van der Waals surface area contributed by atoms with Gasteiger partial charge in [0.1, 0.15) is 0 Å². The van der Waals surface area contributed by atoms with Gasteiger partial charge >= 0.3 is 0 Å². The smallest absolute Gasteiger partial charge is 0.0787 e. The molecule has 0 spiro atoms. The molecule has 0 aromatic heterocycles. The zero-order chi connectivity index (χ0) is 14.3. The maximum Gasteiger partial charge on any atom is 0.0787 e. The van der Waals surface area contributed by atoms with E-state index in [1.807, 2.05) is 0 Å². The summed E-state index contributed by atoms with van der Waals surface area (Å²) in [6, 6.07) is 9.50. The zero-order valence-corrected chi connectivity index (χ0v) is 13.1. The van der Waals surface area contributed by atoms with Crippen molar-refractivity contribution in [2.75, 3.05) is 0 Å². The van der Waals surface area contributed by atoms with Crippen LogP contribution in [0.3, 0.4) is 0 Å². The summed E-state index contributed by atoms with van der Waals surface area (Å²) in [6.07, 6.45) is 1.05. The summed E-state index contributed by atoms with van der Waals surface area (Å²) in [6.45, 7) is 13.1. The molecule has 1 heterocycles. The minimum Gasteiger partial charge on any atom is -0.368 e. The molecule has 1 saturated heterocycles. The Labute approximate surface area is 117 Å². The number of ether oxygens (including phenoxy) is 1. The predicted octanol–water partition coefficient (Wildman–Crippen LogP) is 3.99. The van der Waals surface area contributed by atoms with Crippen LogP contribution in [0.15, 0.2) is 24.3 Å². The van der Waals surface area contributed by atoms with E-state index in [0.717, 1.165) is 6.42 Å². The fraction of sp³-hybridized carbons (Fsp3) is 0.647. The average molecular weight is 261 g/mol. The summed E-state index contributed by atoms with van der Waals surface area (Å²) in [5.74, 6) is 0. The van der Waals surface area contributed by atoms with E-state index in [2.05, 4.69) is 71.1 Å². The molecule has 1 unspecified atom stereocenters. The van der Waals surface area contributed by atoms with E-state index in [0.29, 0.717) is 12.1 Å². The zero-order valence-electron chi connectivity index (χ0n) is 13.1.